The van der Waals surface area contributed by atoms with Gasteiger partial charge in [-0.1, -0.05) is 26.7 Å². The van der Waals surface area contributed by atoms with Crippen molar-refractivity contribution in [2.24, 2.45) is 29.1 Å². The van der Waals surface area contributed by atoms with Crippen LogP contribution in [0.5, 0.6) is 0 Å². The second kappa shape index (κ2) is 4.56. The van der Waals surface area contributed by atoms with Gasteiger partial charge >= 0.3 is 11.9 Å². The van der Waals surface area contributed by atoms with Crippen molar-refractivity contribution in [1.29, 1.82) is 0 Å². The zero-order valence-corrected chi connectivity index (χ0v) is 11.1. The molecule has 0 bridgehead atoms. The lowest BCUT2D eigenvalue weighted by atomic mass is 9.51. The summed E-state index contributed by atoms with van der Waals surface area (Å²) in [6, 6.07) is 0. The smallest absolute Gasteiger partial charge is 0.321 e. The van der Waals surface area contributed by atoms with Crippen LogP contribution in [0.25, 0.3) is 0 Å². The topological polar surface area (TPSA) is 74.6 Å². The highest BCUT2D eigenvalue weighted by atomic mass is 16.4. The quantitative estimate of drug-likeness (QED) is 0.743. The van der Waals surface area contributed by atoms with Crippen LogP contribution in [-0.4, -0.2) is 22.2 Å². The van der Waals surface area contributed by atoms with Crippen molar-refractivity contribution >= 4 is 11.9 Å². The van der Waals surface area contributed by atoms with Crippen molar-refractivity contribution in [2.75, 3.05) is 0 Å². The summed E-state index contributed by atoms with van der Waals surface area (Å²) in [5.41, 5.74) is -1.56. The van der Waals surface area contributed by atoms with Crippen molar-refractivity contribution in [3.8, 4) is 0 Å². The molecule has 4 unspecified atom stereocenters. The molecule has 4 heteroatoms. The fraction of sp³-hybridized carbons (Fsp3) is 0.857. The maximum atomic E-state index is 11.7. The highest BCUT2D eigenvalue weighted by Crippen LogP contribution is 2.55. The van der Waals surface area contributed by atoms with E-state index < -0.39 is 17.4 Å². The van der Waals surface area contributed by atoms with E-state index in [9.17, 15) is 19.8 Å². The lowest BCUT2D eigenvalue weighted by Crippen LogP contribution is -2.57. The average molecular weight is 254 g/mol. The van der Waals surface area contributed by atoms with Gasteiger partial charge in [-0.05, 0) is 42.9 Å². The minimum absolute atomic E-state index is 0.194. The number of fused-ring (bicyclic) bond motifs is 1. The lowest BCUT2D eigenvalue weighted by molar-refractivity contribution is -0.184. The Hall–Kier alpha value is -1.06. The van der Waals surface area contributed by atoms with Crippen molar-refractivity contribution in [3.63, 3.8) is 0 Å². The van der Waals surface area contributed by atoms with Crippen LogP contribution in [0.3, 0.4) is 0 Å². The van der Waals surface area contributed by atoms with E-state index in [1.165, 1.54) is 0 Å². The summed E-state index contributed by atoms with van der Waals surface area (Å²) in [7, 11) is 0. The van der Waals surface area contributed by atoms with E-state index in [-0.39, 0.29) is 17.8 Å². The predicted molar refractivity (Wildman–Crippen MR) is 66.1 cm³/mol. The molecule has 0 radical (unpaired) electrons. The molecule has 0 aliphatic heterocycles. The van der Waals surface area contributed by atoms with E-state index in [0.717, 1.165) is 25.7 Å². The predicted octanol–water partition coefficient (Wildman–Crippen LogP) is 2.62. The third-order valence-corrected chi connectivity index (χ3v) is 5.43. The number of carboxylic acids is 2. The summed E-state index contributed by atoms with van der Waals surface area (Å²) in [6.45, 7) is 3.93. The Morgan fingerprint density at radius 1 is 1.00 bits per heavy atom. The minimum Gasteiger partial charge on any atom is -0.480 e. The van der Waals surface area contributed by atoms with Gasteiger partial charge in [-0.2, -0.15) is 0 Å². The first-order chi connectivity index (χ1) is 8.42. The first-order valence-corrected chi connectivity index (χ1v) is 6.89. The van der Waals surface area contributed by atoms with Crippen molar-refractivity contribution in [2.45, 2.75) is 46.0 Å². The number of aliphatic carboxylic acids is 2. The average Bonchev–Trinajstić information content (AvgIpc) is 2.28. The molecule has 0 aromatic rings. The van der Waals surface area contributed by atoms with E-state index in [4.69, 9.17) is 0 Å². The van der Waals surface area contributed by atoms with Gasteiger partial charge in [0, 0.05) is 0 Å². The molecule has 2 aliphatic carbocycles. The van der Waals surface area contributed by atoms with E-state index in [1.807, 2.05) is 0 Å². The molecule has 4 atom stereocenters. The van der Waals surface area contributed by atoms with Crippen LogP contribution in [0.4, 0.5) is 0 Å². The van der Waals surface area contributed by atoms with Gasteiger partial charge in [-0.15, -0.1) is 0 Å². The maximum absolute atomic E-state index is 11.7. The van der Waals surface area contributed by atoms with Crippen LogP contribution in [0.1, 0.15) is 46.0 Å². The fourth-order valence-corrected chi connectivity index (χ4v) is 4.40. The Morgan fingerprint density at radius 3 is 2.17 bits per heavy atom. The van der Waals surface area contributed by atoms with Crippen LogP contribution >= 0.6 is 0 Å². The molecule has 2 rings (SSSR count). The van der Waals surface area contributed by atoms with Gasteiger partial charge in [0.05, 0.1) is 0 Å². The van der Waals surface area contributed by atoms with Crippen molar-refractivity contribution in [1.82, 2.24) is 0 Å². The molecule has 0 amide bonds. The second-order valence-corrected chi connectivity index (χ2v) is 6.14. The first-order valence-electron chi connectivity index (χ1n) is 6.89. The molecule has 102 valence electrons. The zero-order valence-electron chi connectivity index (χ0n) is 11.1. The van der Waals surface area contributed by atoms with Gasteiger partial charge in [0.25, 0.3) is 0 Å². The summed E-state index contributed by atoms with van der Waals surface area (Å²) in [4.78, 5) is 23.4. The Bertz CT molecular complexity index is 349. The molecular weight excluding hydrogens is 232 g/mol. The lowest BCUT2D eigenvalue weighted by Gasteiger charge is -2.50. The Kier molecular flexibility index (Phi) is 3.39. The molecule has 2 saturated carbocycles. The van der Waals surface area contributed by atoms with Crippen LogP contribution < -0.4 is 0 Å². The van der Waals surface area contributed by atoms with Crippen LogP contribution in [0.15, 0.2) is 0 Å². The van der Waals surface area contributed by atoms with Crippen molar-refractivity contribution in [3.05, 3.63) is 0 Å². The summed E-state index contributed by atoms with van der Waals surface area (Å²) in [5.74, 6) is -2.02. The molecule has 0 aromatic heterocycles. The minimum atomic E-state index is -1.56. The molecule has 2 fully saturated rings. The van der Waals surface area contributed by atoms with Gasteiger partial charge in [0.1, 0.15) is 0 Å². The number of hydrogen-bond donors (Lipinski definition) is 2. The van der Waals surface area contributed by atoms with E-state index in [1.54, 1.807) is 6.92 Å². The van der Waals surface area contributed by atoms with E-state index in [0.29, 0.717) is 12.3 Å². The van der Waals surface area contributed by atoms with Gasteiger partial charge in [-0.3, -0.25) is 9.59 Å². The summed E-state index contributed by atoms with van der Waals surface area (Å²) < 4.78 is 0. The monoisotopic (exact) mass is 254 g/mol. The Morgan fingerprint density at radius 2 is 1.61 bits per heavy atom. The second-order valence-electron chi connectivity index (χ2n) is 6.14. The molecule has 0 heterocycles. The SMILES string of the molecule is CC1CCCC2C1CCC(C)C2(C(=O)O)C(=O)O. The zero-order chi connectivity index (χ0) is 13.5. The molecule has 0 aromatic carbocycles. The normalized spacial score (nSPS) is 38.8. The van der Waals surface area contributed by atoms with Crippen LogP contribution in [0.2, 0.25) is 0 Å². The Labute approximate surface area is 107 Å². The van der Waals surface area contributed by atoms with Gasteiger partial charge < -0.3 is 10.2 Å². The van der Waals surface area contributed by atoms with Gasteiger partial charge in [0.2, 0.25) is 0 Å². The highest BCUT2D eigenvalue weighted by Gasteiger charge is 2.61. The number of rotatable bonds is 2. The third-order valence-electron chi connectivity index (χ3n) is 5.43. The summed E-state index contributed by atoms with van der Waals surface area (Å²) in [5, 5.41) is 19.1. The molecular formula is C14H22O4. The molecule has 2 aliphatic rings. The Balaban J connectivity index is 2.46. The highest BCUT2D eigenvalue weighted by molar-refractivity contribution is 5.99. The first kappa shape index (κ1) is 13.4. The molecule has 0 saturated heterocycles. The molecule has 0 spiro atoms. The molecule has 2 N–H and O–H groups in total. The molecule has 4 nitrogen and oxygen atoms in total. The third kappa shape index (κ3) is 1.65. The fourth-order valence-electron chi connectivity index (χ4n) is 4.40. The summed E-state index contributed by atoms with van der Waals surface area (Å²) in [6.07, 6.45) is 4.50. The van der Waals surface area contributed by atoms with E-state index in [2.05, 4.69) is 6.92 Å². The largest absolute Gasteiger partial charge is 0.480 e. The maximum Gasteiger partial charge on any atom is 0.321 e. The number of hydrogen-bond acceptors (Lipinski definition) is 2. The van der Waals surface area contributed by atoms with E-state index >= 15 is 0 Å². The van der Waals surface area contributed by atoms with Crippen LogP contribution in [0, 0.1) is 29.1 Å². The standard InChI is InChI=1S/C14H22O4/c1-8-4-3-5-11-10(8)7-6-9(2)14(11,12(15)16)13(17)18/h8-11H,3-7H2,1-2H3,(H,15,16)(H,17,18). The summed E-state index contributed by atoms with van der Waals surface area (Å²) >= 11 is 0. The van der Waals surface area contributed by atoms with Crippen molar-refractivity contribution < 1.29 is 19.8 Å². The van der Waals surface area contributed by atoms with Gasteiger partial charge in [0.15, 0.2) is 5.41 Å². The van der Waals surface area contributed by atoms with Crippen LogP contribution in [-0.2, 0) is 9.59 Å². The number of carbonyl (C=O) groups is 2. The van der Waals surface area contributed by atoms with Gasteiger partial charge in [-0.25, -0.2) is 0 Å². The molecule has 18 heavy (non-hydrogen) atoms. The number of carboxylic acid groups (broad SMARTS) is 2.